The zero-order chi connectivity index (χ0) is 13.2. The molecule has 0 aliphatic carbocycles. The number of hydrogen-bond acceptors (Lipinski definition) is 5. The van der Waals surface area contributed by atoms with E-state index in [9.17, 15) is 4.79 Å². The Balaban J connectivity index is 1.87. The minimum Gasteiger partial charge on any atom is -0.377 e. The molecule has 2 aromatic rings. The van der Waals surface area contributed by atoms with Crippen molar-refractivity contribution in [2.24, 2.45) is 0 Å². The van der Waals surface area contributed by atoms with Crippen LogP contribution >= 0.6 is 22.7 Å². The number of carbonyl (C=O) groups is 1. The number of aryl methyl sites for hydroxylation is 1. The Labute approximate surface area is 119 Å². The second-order valence-electron chi connectivity index (χ2n) is 4.36. The molecule has 2 aromatic heterocycles. The number of morpholine rings is 1. The fraction of sp³-hybridized carbons (Fsp3) is 0.385. The van der Waals surface area contributed by atoms with Crippen molar-refractivity contribution < 1.29 is 9.53 Å². The zero-order valence-corrected chi connectivity index (χ0v) is 12.2. The van der Waals surface area contributed by atoms with E-state index in [2.05, 4.69) is 4.98 Å². The molecule has 0 N–H and O–H groups in total. The number of thiazole rings is 1. The molecule has 3 rings (SSSR count). The topological polar surface area (TPSA) is 42.4 Å². The number of amides is 1. The van der Waals surface area contributed by atoms with Gasteiger partial charge in [-0.25, -0.2) is 4.98 Å². The monoisotopic (exact) mass is 294 g/mol. The smallest absolute Gasteiger partial charge is 0.264 e. The van der Waals surface area contributed by atoms with E-state index in [0.717, 1.165) is 15.6 Å². The molecular weight excluding hydrogens is 280 g/mol. The molecule has 1 aliphatic heterocycles. The van der Waals surface area contributed by atoms with E-state index in [1.807, 2.05) is 34.7 Å². The van der Waals surface area contributed by atoms with E-state index in [4.69, 9.17) is 4.74 Å². The van der Waals surface area contributed by atoms with E-state index in [1.54, 1.807) is 11.3 Å². The van der Waals surface area contributed by atoms with Gasteiger partial charge in [0.2, 0.25) is 0 Å². The van der Waals surface area contributed by atoms with Gasteiger partial charge < -0.3 is 9.64 Å². The van der Waals surface area contributed by atoms with Crippen molar-refractivity contribution >= 4 is 28.6 Å². The van der Waals surface area contributed by atoms with Crippen molar-refractivity contribution in [2.75, 3.05) is 19.8 Å². The van der Waals surface area contributed by atoms with E-state index in [1.165, 1.54) is 11.3 Å². The Morgan fingerprint density at radius 1 is 1.53 bits per heavy atom. The summed E-state index contributed by atoms with van der Waals surface area (Å²) in [4.78, 5) is 19.7. The third kappa shape index (κ3) is 2.56. The summed E-state index contributed by atoms with van der Waals surface area (Å²) >= 11 is 3.08. The Hall–Kier alpha value is -1.24. The van der Waals surface area contributed by atoms with Gasteiger partial charge in [-0.05, 0) is 18.4 Å². The average Bonchev–Trinajstić information content (AvgIpc) is 3.09. The lowest BCUT2D eigenvalue weighted by Crippen LogP contribution is -2.43. The first-order valence-corrected chi connectivity index (χ1v) is 7.86. The molecule has 0 bridgehead atoms. The van der Waals surface area contributed by atoms with Crippen molar-refractivity contribution in [1.82, 2.24) is 9.88 Å². The highest BCUT2D eigenvalue weighted by Crippen LogP contribution is 2.27. The molecule has 1 atom stereocenters. The highest BCUT2D eigenvalue weighted by molar-refractivity contribution is 7.12. The first-order valence-electron chi connectivity index (χ1n) is 6.10. The summed E-state index contributed by atoms with van der Waals surface area (Å²) in [7, 11) is 0. The van der Waals surface area contributed by atoms with Gasteiger partial charge in [0, 0.05) is 11.9 Å². The van der Waals surface area contributed by atoms with E-state index in [0.29, 0.717) is 19.8 Å². The summed E-state index contributed by atoms with van der Waals surface area (Å²) in [5, 5.41) is 4.96. The van der Waals surface area contributed by atoms with E-state index >= 15 is 0 Å². The Kier molecular flexibility index (Phi) is 3.63. The second kappa shape index (κ2) is 5.40. The van der Waals surface area contributed by atoms with Gasteiger partial charge in [-0.1, -0.05) is 6.07 Å². The van der Waals surface area contributed by atoms with Crippen LogP contribution in [0.5, 0.6) is 0 Å². The second-order valence-corrected chi connectivity index (χ2v) is 6.37. The summed E-state index contributed by atoms with van der Waals surface area (Å²) in [6, 6.07) is 3.71. The van der Waals surface area contributed by atoms with Crippen LogP contribution in [-0.2, 0) is 4.74 Å². The molecule has 6 heteroatoms. The summed E-state index contributed by atoms with van der Waals surface area (Å²) in [5.41, 5.74) is 0.937. The maximum atomic E-state index is 12.5. The van der Waals surface area contributed by atoms with Crippen LogP contribution in [0, 0.1) is 6.92 Å². The first-order chi connectivity index (χ1) is 9.25. The van der Waals surface area contributed by atoms with Crippen molar-refractivity contribution in [3.05, 3.63) is 38.5 Å². The van der Waals surface area contributed by atoms with Crippen LogP contribution in [0.3, 0.4) is 0 Å². The van der Waals surface area contributed by atoms with Crippen LogP contribution in [0.15, 0.2) is 22.9 Å². The van der Waals surface area contributed by atoms with Crippen LogP contribution in [0.4, 0.5) is 0 Å². The highest BCUT2D eigenvalue weighted by Gasteiger charge is 2.31. The normalized spacial score (nSPS) is 19.6. The molecule has 0 saturated carbocycles. The highest BCUT2D eigenvalue weighted by atomic mass is 32.1. The Morgan fingerprint density at radius 3 is 3.11 bits per heavy atom. The number of rotatable bonds is 2. The van der Waals surface area contributed by atoms with Gasteiger partial charge in [0.05, 0.1) is 34.8 Å². The molecule has 1 aliphatic rings. The lowest BCUT2D eigenvalue weighted by molar-refractivity contribution is -0.00349. The molecule has 100 valence electrons. The molecular formula is C13H14N2O2S2. The minimum atomic E-state index is -0.0618. The first kappa shape index (κ1) is 12.8. The number of hydrogen-bond donors (Lipinski definition) is 0. The van der Waals surface area contributed by atoms with Gasteiger partial charge in [0.15, 0.2) is 0 Å². The van der Waals surface area contributed by atoms with E-state index < -0.39 is 0 Å². The van der Waals surface area contributed by atoms with Gasteiger partial charge >= 0.3 is 0 Å². The minimum absolute atomic E-state index is 0.0618. The lowest BCUT2D eigenvalue weighted by Gasteiger charge is -2.34. The largest absolute Gasteiger partial charge is 0.377 e. The summed E-state index contributed by atoms with van der Waals surface area (Å²) in [5.74, 6) is 0.0777. The fourth-order valence-electron chi connectivity index (χ4n) is 2.17. The predicted octanol–water partition coefficient (Wildman–Crippen LogP) is 2.73. The summed E-state index contributed by atoms with van der Waals surface area (Å²) < 4.78 is 5.52. The molecule has 0 aromatic carbocycles. The van der Waals surface area contributed by atoms with Gasteiger partial charge in [0.25, 0.3) is 5.91 Å². The molecule has 0 radical (unpaired) electrons. The number of carbonyl (C=O) groups excluding carboxylic acids is 1. The lowest BCUT2D eigenvalue weighted by atomic mass is 10.1. The SMILES string of the molecule is Cc1nc(C2COCCN2C(=O)c2cccs2)cs1. The number of aromatic nitrogens is 1. The summed E-state index contributed by atoms with van der Waals surface area (Å²) in [6.45, 7) is 3.72. The predicted molar refractivity (Wildman–Crippen MR) is 75.8 cm³/mol. The number of ether oxygens (including phenoxy) is 1. The molecule has 19 heavy (non-hydrogen) atoms. The fourth-order valence-corrected chi connectivity index (χ4v) is 3.50. The summed E-state index contributed by atoms with van der Waals surface area (Å²) in [6.07, 6.45) is 0. The average molecular weight is 294 g/mol. The molecule has 1 fully saturated rings. The molecule has 1 saturated heterocycles. The molecule has 0 spiro atoms. The maximum absolute atomic E-state index is 12.5. The van der Waals surface area contributed by atoms with Crippen molar-refractivity contribution in [3.8, 4) is 0 Å². The third-order valence-corrected chi connectivity index (χ3v) is 4.75. The van der Waals surface area contributed by atoms with Gasteiger partial charge in [-0.2, -0.15) is 0 Å². The number of thiophene rings is 1. The van der Waals surface area contributed by atoms with Crippen LogP contribution in [0.1, 0.15) is 26.4 Å². The van der Waals surface area contributed by atoms with Gasteiger partial charge in [-0.15, -0.1) is 22.7 Å². The van der Waals surface area contributed by atoms with Crippen LogP contribution in [0.25, 0.3) is 0 Å². The molecule has 3 heterocycles. The van der Waals surface area contributed by atoms with Crippen LogP contribution in [-0.4, -0.2) is 35.5 Å². The van der Waals surface area contributed by atoms with Crippen molar-refractivity contribution in [3.63, 3.8) is 0 Å². The Bertz CT molecular complexity index is 565. The van der Waals surface area contributed by atoms with Crippen molar-refractivity contribution in [1.29, 1.82) is 0 Å². The quantitative estimate of drug-likeness (QED) is 0.855. The molecule has 1 unspecified atom stereocenters. The number of nitrogens with zero attached hydrogens (tertiary/aromatic N) is 2. The van der Waals surface area contributed by atoms with Gasteiger partial charge in [0.1, 0.15) is 0 Å². The van der Waals surface area contributed by atoms with Gasteiger partial charge in [-0.3, -0.25) is 4.79 Å². The molecule has 4 nitrogen and oxygen atoms in total. The Morgan fingerprint density at radius 2 is 2.42 bits per heavy atom. The van der Waals surface area contributed by atoms with Crippen LogP contribution < -0.4 is 0 Å². The maximum Gasteiger partial charge on any atom is 0.264 e. The standard InChI is InChI=1S/C13H14N2O2S2/c1-9-14-10(8-19-9)11-7-17-5-4-15(11)13(16)12-3-2-6-18-12/h2-3,6,8,11H,4-5,7H2,1H3. The van der Waals surface area contributed by atoms with Crippen molar-refractivity contribution in [2.45, 2.75) is 13.0 Å². The molecule has 1 amide bonds. The van der Waals surface area contributed by atoms with E-state index in [-0.39, 0.29) is 11.9 Å². The van der Waals surface area contributed by atoms with Crippen LogP contribution in [0.2, 0.25) is 0 Å². The zero-order valence-electron chi connectivity index (χ0n) is 10.5. The third-order valence-electron chi connectivity index (χ3n) is 3.10.